The summed E-state index contributed by atoms with van der Waals surface area (Å²) in [6.45, 7) is 4.19. The summed E-state index contributed by atoms with van der Waals surface area (Å²) in [6, 6.07) is 17.4. The Morgan fingerprint density at radius 2 is 1.79 bits per heavy atom. The number of rotatable bonds is 4. The van der Waals surface area contributed by atoms with Gasteiger partial charge in [0, 0.05) is 56.6 Å². The maximum absolute atomic E-state index is 12.9. The van der Waals surface area contributed by atoms with Gasteiger partial charge in [0.05, 0.1) is 40.3 Å². The predicted octanol–water partition coefficient (Wildman–Crippen LogP) is 5.50. The average Bonchev–Trinajstić information content (AvgIpc) is 3.55. The van der Waals surface area contributed by atoms with Crippen molar-refractivity contribution in [1.82, 2.24) is 24.0 Å². The number of aryl methyl sites for hydroxylation is 2. The van der Waals surface area contributed by atoms with Crippen molar-refractivity contribution in [1.29, 1.82) is 0 Å². The van der Waals surface area contributed by atoms with Crippen molar-refractivity contribution in [2.45, 2.75) is 32.4 Å². The van der Waals surface area contributed by atoms with Crippen LogP contribution >= 0.6 is 0 Å². The number of amides is 1. The maximum atomic E-state index is 12.9. The fourth-order valence-corrected chi connectivity index (χ4v) is 6.64. The Kier molecular flexibility index (Phi) is 5.37. The highest BCUT2D eigenvalue weighted by Crippen LogP contribution is 2.43. The zero-order chi connectivity index (χ0) is 26.0. The average molecular weight is 506 g/mol. The fraction of sp³-hybridized carbons (Fsp3) is 0.323. The summed E-state index contributed by atoms with van der Waals surface area (Å²) >= 11 is 0. The Labute approximate surface area is 221 Å². The molecule has 38 heavy (non-hydrogen) atoms. The van der Waals surface area contributed by atoms with Crippen molar-refractivity contribution in [3.63, 3.8) is 0 Å². The van der Waals surface area contributed by atoms with Crippen LogP contribution < -0.4 is 0 Å². The topological polar surface area (TPSA) is 65.2 Å². The molecule has 0 unspecified atom stereocenters. The van der Waals surface area contributed by atoms with Gasteiger partial charge in [0.15, 0.2) is 0 Å². The molecule has 0 radical (unpaired) electrons. The van der Waals surface area contributed by atoms with Crippen molar-refractivity contribution in [3.05, 3.63) is 83.4 Å². The van der Waals surface area contributed by atoms with E-state index in [2.05, 4.69) is 56.6 Å². The first-order valence-electron chi connectivity index (χ1n) is 13.3. The lowest BCUT2D eigenvalue weighted by atomic mass is 9.86. The van der Waals surface area contributed by atoms with Gasteiger partial charge >= 0.3 is 0 Å². The van der Waals surface area contributed by atoms with Crippen LogP contribution in [0.1, 0.15) is 46.1 Å². The van der Waals surface area contributed by atoms with Gasteiger partial charge in [0.2, 0.25) is 0 Å². The minimum Gasteiger partial charge on any atom is -0.381 e. The summed E-state index contributed by atoms with van der Waals surface area (Å²) in [5.41, 5.74) is 9.42. The molecule has 0 saturated carbocycles. The van der Waals surface area contributed by atoms with Crippen LogP contribution in [0.15, 0.2) is 61.1 Å². The Balaban J connectivity index is 1.57. The highest BCUT2D eigenvalue weighted by Gasteiger charge is 2.33. The third-order valence-electron chi connectivity index (χ3n) is 8.41. The van der Waals surface area contributed by atoms with Gasteiger partial charge in [0.1, 0.15) is 0 Å². The first-order chi connectivity index (χ1) is 18.5. The van der Waals surface area contributed by atoms with Gasteiger partial charge in [-0.05, 0) is 55.0 Å². The molecular weight excluding hydrogens is 474 g/mol. The molecule has 7 heteroatoms. The molecule has 2 aliphatic rings. The number of hydrogen-bond donors (Lipinski definition) is 0. The number of aromatic nitrogens is 4. The molecule has 1 fully saturated rings. The van der Waals surface area contributed by atoms with E-state index >= 15 is 0 Å². The summed E-state index contributed by atoms with van der Waals surface area (Å²) in [7, 11) is 3.90. The first-order valence-corrected chi connectivity index (χ1v) is 13.3. The van der Waals surface area contributed by atoms with Crippen LogP contribution in [-0.4, -0.2) is 50.2 Å². The van der Waals surface area contributed by atoms with Crippen molar-refractivity contribution < 1.29 is 9.53 Å². The van der Waals surface area contributed by atoms with E-state index in [4.69, 9.17) is 9.72 Å². The van der Waals surface area contributed by atoms with Crippen LogP contribution in [0.2, 0.25) is 0 Å². The number of benzene rings is 2. The molecule has 1 amide bonds. The van der Waals surface area contributed by atoms with Gasteiger partial charge in [-0.3, -0.25) is 9.78 Å². The van der Waals surface area contributed by atoms with Crippen molar-refractivity contribution in [3.8, 4) is 11.3 Å². The van der Waals surface area contributed by atoms with E-state index in [0.29, 0.717) is 12.5 Å². The quantitative estimate of drug-likeness (QED) is 0.324. The Hall–Kier alpha value is -3.97. The number of pyridine rings is 1. The van der Waals surface area contributed by atoms with Gasteiger partial charge < -0.3 is 18.8 Å². The molecule has 0 N–H and O–H groups in total. The largest absolute Gasteiger partial charge is 0.381 e. The number of fused-ring (bicyclic) bond motifs is 5. The van der Waals surface area contributed by atoms with E-state index in [0.717, 1.165) is 76.1 Å². The molecule has 1 saturated heterocycles. The minimum atomic E-state index is 0.0777. The molecule has 0 aliphatic carbocycles. The minimum absolute atomic E-state index is 0.0777. The van der Waals surface area contributed by atoms with Gasteiger partial charge in [-0.15, -0.1) is 0 Å². The van der Waals surface area contributed by atoms with Gasteiger partial charge in [-0.25, -0.2) is 4.98 Å². The number of imidazole rings is 1. The standard InChI is InChI=1S/C31H31N5O2/c1-19-29(35(3)18-33-19)22-15-26-28(32-16-22)27-24-17-34(2)31(37)23(24)9-10-25(27)36(26)30(20-7-5-4-6-8-20)21-11-13-38-14-12-21/h4-10,15-16,18,21,30H,11-14,17H2,1-3H3/t30-/m1/s1. The number of hydrogen-bond acceptors (Lipinski definition) is 4. The molecule has 0 bridgehead atoms. The maximum Gasteiger partial charge on any atom is 0.254 e. The smallest absolute Gasteiger partial charge is 0.254 e. The van der Waals surface area contributed by atoms with Crippen molar-refractivity contribution in [2.75, 3.05) is 20.3 Å². The zero-order valence-electron chi connectivity index (χ0n) is 22.0. The lowest BCUT2D eigenvalue weighted by Crippen LogP contribution is -2.26. The zero-order valence-corrected chi connectivity index (χ0v) is 22.0. The van der Waals surface area contributed by atoms with E-state index in [1.54, 1.807) is 4.90 Å². The van der Waals surface area contributed by atoms with E-state index in [-0.39, 0.29) is 11.9 Å². The highest BCUT2D eigenvalue weighted by molar-refractivity contribution is 6.13. The van der Waals surface area contributed by atoms with Crippen LogP contribution in [-0.2, 0) is 18.3 Å². The van der Waals surface area contributed by atoms with Crippen LogP contribution in [0, 0.1) is 12.8 Å². The summed E-state index contributed by atoms with van der Waals surface area (Å²) in [5, 5.41) is 1.09. The van der Waals surface area contributed by atoms with E-state index in [1.807, 2.05) is 39.6 Å². The molecule has 2 aromatic carbocycles. The molecule has 7 rings (SSSR count). The third kappa shape index (κ3) is 3.42. The molecule has 3 aromatic heterocycles. The highest BCUT2D eigenvalue weighted by atomic mass is 16.5. The van der Waals surface area contributed by atoms with E-state index in [1.165, 1.54) is 5.56 Å². The molecular formula is C31H31N5O2. The summed E-state index contributed by atoms with van der Waals surface area (Å²) in [4.78, 5) is 24.4. The number of carbonyl (C=O) groups is 1. The SMILES string of the molecule is Cc1ncn(C)c1-c1cnc2c3c4c(ccc3n([C@H](c3ccccc3)C3CCOCC3)c2c1)C(=O)N(C)C4. The summed E-state index contributed by atoms with van der Waals surface area (Å²) in [6.07, 6.45) is 5.82. The van der Waals surface area contributed by atoms with Gasteiger partial charge in [-0.1, -0.05) is 30.3 Å². The number of ether oxygens (including phenoxy) is 1. The van der Waals surface area contributed by atoms with Crippen LogP contribution in [0.3, 0.4) is 0 Å². The molecule has 1 atom stereocenters. The van der Waals surface area contributed by atoms with E-state index < -0.39 is 0 Å². The second-order valence-electron chi connectivity index (χ2n) is 10.7. The monoisotopic (exact) mass is 505 g/mol. The van der Waals surface area contributed by atoms with E-state index in [9.17, 15) is 4.79 Å². The molecule has 2 aliphatic heterocycles. The second-order valence-corrected chi connectivity index (χ2v) is 10.7. The Morgan fingerprint density at radius 1 is 1.00 bits per heavy atom. The van der Waals surface area contributed by atoms with Gasteiger partial charge in [-0.2, -0.15) is 0 Å². The normalized spacial score (nSPS) is 17.0. The fourth-order valence-electron chi connectivity index (χ4n) is 6.64. The van der Waals surface area contributed by atoms with Crippen molar-refractivity contribution in [2.24, 2.45) is 13.0 Å². The summed E-state index contributed by atoms with van der Waals surface area (Å²) in [5.74, 6) is 0.499. The first kappa shape index (κ1) is 23.2. The number of nitrogens with zero attached hydrogens (tertiary/aromatic N) is 5. The molecule has 7 nitrogen and oxygen atoms in total. The van der Waals surface area contributed by atoms with Crippen molar-refractivity contribution >= 4 is 27.8 Å². The Morgan fingerprint density at radius 3 is 2.53 bits per heavy atom. The molecule has 0 spiro atoms. The Bertz CT molecular complexity index is 1670. The molecule has 192 valence electrons. The molecule has 5 heterocycles. The second kappa shape index (κ2) is 8.81. The van der Waals surface area contributed by atoms with Crippen LogP contribution in [0.5, 0.6) is 0 Å². The van der Waals surface area contributed by atoms with Gasteiger partial charge in [0.25, 0.3) is 5.91 Å². The lowest BCUT2D eigenvalue weighted by molar-refractivity contribution is 0.0553. The predicted molar refractivity (Wildman–Crippen MR) is 148 cm³/mol. The van der Waals surface area contributed by atoms with Crippen LogP contribution in [0.4, 0.5) is 0 Å². The molecule has 5 aromatic rings. The summed E-state index contributed by atoms with van der Waals surface area (Å²) < 4.78 is 10.3. The third-order valence-corrected chi connectivity index (χ3v) is 8.41. The number of carbonyl (C=O) groups excluding carboxylic acids is 1. The lowest BCUT2D eigenvalue weighted by Gasteiger charge is -2.33. The van der Waals surface area contributed by atoms with Crippen LogP contribution in [0.25, 0.3) is 33.2 Å².